The molecule has 0 radical (unpaired) electrons. The molecule has 1 heterocycles. The lowest BCUT2D eigenvalue weighted by Crippen LogP contribution is -2.18. The van der Waals surface area contributed by atoms with Crippen molar-refractivity contribution in [2.24, 2.45) is 4.99 Å². The topological polar surface area (TPSA) is 70.4 Å². The molecule has 0 atom stereocenters. The molecular formula is C17H11ClFN3O2S. The van der Waals surface area contributed by atoms with Gasteiger partial charge in [0.2, 0.25) is 5.88 Å². The number of hydrogen-bond donors (Lipinski definition) is 2. The number of nitrogens with one attached hydrogen (secondary N) is 1. The number of rotatable bonds is 3. The highest BCUT2D eigenvalue weighted by atomic mass is 35.5. The maximum atomic E-state index is 14.0. The molecule has 0 fully saturated rings. The number of aliphatic imine (C=N–C) groups is 1. The molecule has 25 heavy (non-hydrogen) atoms. The van der Waals surface area contributed by atoms with E-state index in [9.17, 15) is 14.3 Å². The first-order valence-corrected chi connectivity index (χ1v) is 7.89. The van der Waals surface area contributed by atoms with Gasteiger partial charge in [0.05, 0.1) is 16.4 Å². The predicted octanol–water partition coefficient (Wildman–Crippen LogP) is 4.14. The smallest absolute Gasteiger partial charge is 0.264 e. The number of benzene rings is 2. The van der Waals surface area contributed by atoms with E-state index in [0.717, 1.165) is 10.8 Å². The molecule has 0 saturated carbocycles. The molecule has 0 bridgehead atoms. The van der Waals surface area contributed by atoms with Gasteiger partial charge in [0.25, 0.3) is 5.56 Å². The molecule has 5 nitrogen and oxygen atoms in total. The third-order valence-electron chi connectivity index (χ3n) is 3.40. The first-order valence-electron chi connectivity index (χ1n) is 7.11. The molecule has 2 N–H and O–H groups in total. The van der Waals surface area contributed by atoms with Gasteiger partial charge in [0, 0.05) is 6.21 Å². The van der Waals surface area contributed by atoms with Crippen molar-refractivity contribution in [1.29, 1.82) is 0 Å². The van der Waals surface area contributed by atoms with Gasteiger partial charge in [-0.2, -0.15) is 0 Å². The number of nitrogens with zero attached hydrogens (tertiary/aromatic N) is 2. The normalized spacial score (nSPS) is 11.1. The molecular weight excluding hydrogens is 365 g/mol. The lowest BCUT2D eigenvalue weighted by atomic mass is 10.2. The van der Waals surface area contributed by atoms with Gasteiger partial charge < -0.3 is 5.11 Å². The molecule has 126 valence electrons. The second-order valence-electron chi connectivity index (χ2n) is 4.99. The van der Waals surface area contributed by atoms with Gasteiger partial charge >= 0.3 is 0 Å². The van der Waals surface area contributed by atoms with Gasteiger partial charge in [0.1, 0.15) is 11.4 Å². The highest BCUT2D eigenvalue weighted by Gasteiger charge is 2.15. The first kappa shape index (κ1) is 17.1. The van der Waals surface area contributed by atoms with Crippen LogP contribution in [0.3, 0.4) is 0 Å². The van der Waals surface area contributed by atoms with Gasteiger partial charge in [-0.3, -0.25) is 19.3 Å². The zero-order valence-electron chi connectivity index (χ0n) is 12.6. The Kier molecular flexibility index (Phi) is 4.78. The van der Waals surface area contributed by atoms with Crippen molar-refractivity contribution in [2.45, 2.75) is 0 Å². The Morgan fingerprint density at radius 1 is 1.20 bits per heavy atom. The number of H-pyrrole nitrogens is 1. The van der Waals surface area contributed by atoms with Crippen molar-refractivity contribution in [3.05, 3.63) is 80.1 Å². The maximum absolute atomic E-state index is 14.0. The van der Waals surface area contributed by atoms with E-state index >= 15 is 0 Å². The highest BCUT2D eigenvalue weighted by molar-refractivity contribution is 7.71. The summed E-state index contributed by atoms with van der Waals surface area (Å²) < 4.78 is 14.9. The number of halogens is 2. The minimum absolute atomic E-state index is 0.00800. The molecule has 8 heteroatoms. The molecule has 0 spiro atoms. The van der Waals surface area contributed by atoms with Crippen LogP contribution < -0.4 is 5.56 Å². The SMILES string of the molecule is O=c1[nH]c(=S)n(-c2ccccc2F)c(O)c1C=Nc1ccccc1Cl. The van der Waals surface area contributed by atoms with Crippen molar-refractivity contribution in [1.82, 2.24) is 9.55 Å². The zero-order chi connectivity index (χ0) is 18.0. The lowest BCUT2D eigenvalue weighted by Gasteiger charge is -2.11. The van der Waals surface area contributed by atoms with Crippen LogP contribution in [0.1, 0.15) is 5.56 Å². The number of hydrogen-bond acceptors (Lipinski definition) is 4. The van der Waals surface area contributed by atoms with Gasteiger partial charge in [-0.25, -0.2) is 4.39 Å². The minimum Gasteiger partial charge on any atom is -0.494 e. The van der Waals surface area contributed by atoms with Crippen LogP contribution in [0, 0.1) is 10.6 Å². The van der Waals surface area contributed by atoms with Crippen LogP contribution in [0.4, 0.5) is 10.1 Å². The number of aromatic amines is 1. The summed E-state index contributed by atoms with van der Waals surface area (Å²) in [6.45, 7) is 0. The van der Waals surface area contributed by atoms with Crippen molar-refractivity contribution < 1.29 is 9.50 Å². The summed E-state index contributed by atoms with van der Waals surface area (Å²) in [5.41, 5.74) is -0.390. The fourth-order valence-corrected chi connectivity index (χ4v) is 2.66. The van der Waals surface area contributed by atoms with Crippen LogP contribution in [0.5, 0.6) is 5.88 Å². The van der Waals surface area contributed by atoms with Crippen molar-refractivity contribution in [3.63, 3.8) is 0 Å². The molecule has 1 aromatic heterocycles. The molecule has 0 aliphatic carbocycles. The van der Waals surface area contributed by atoms with Crippen LogP contribution in [0.25, 0.3) is 5.69 Å². The van der Waals surface area contributed by atoms with E-state index in [0.29, 0.717) is 10.7 Å². The lowest BCUT2D eigenvalue weighted by molar-refractivity contribution is 0.429. The van der Waals surface area contributed by atoms with Gasteiger partial charge in [-0.15, -0.1) is 0 Å². The minimum atomic E-state index is -0.647. The zero-order valence-corrected chi connectivity index (χ0v) is 14.2. The summed E-state index contributed by atoms with van der Waals surface area (Å²) in [5, 5.41) is 10.8. The fourth-order valence-electron chi connectivity index (χ4n) is 2.20. The largest absolute Gasteiger partial charge is 0.494 e. The Bertz CT molecular complexity index is 1090. The van der Waals surface area contributed by atoms with Crippen LogP contribution in [0.2, 0.25) is 5.02 Å². The molecule has 0 aliphatic rings. The Morgan fingerprint density at radius 3 is 2.60 bits per heavy atom. The number of para-hydroxylation sites is 2. The Hall–Kier alpha value is -2.77. The van der Waals surface area contributed by atoms with Gasteiger partial charge in [0.15, 0.2) is 4.77 Å². The van der Waals surface area contributed by atoms with Crippen molar-refractivity contribution >= 4 is 35.7 Å². The Labute approximate surface area is 151 Å². The predicted molar refractivity (Wildman–Crippen MR) is 97.6 cm³/mol. The summed E-state index contributed by atoms with van der Waals surface area (Å²) in [4.78, 5) is 18.6. The summed E-state index contributed by atoms with van der Waals surface area (Å²) in [6, 6.07) is 12.5. The van der Waals surface area contributed by atoms with Crippen molar-refractivity contribution in [2.75, 3.05) is 0 Å². The second-order valence-corrected chi connectivity index (χ2v) is 5.79. The average molecular weight is 376 g/mol. The molecule has 2 aromatic carbocycles. The quantitative estimate of drug-likeness (QED) is 0.533. The second kappa shape index (κ2) is 7.00. The van der Waals surface area contributed by atoms with E-state index in [1.807, 2.05) is 0 Å². The highest BCUT2D eigenvalue weighted by Crippen LogP contribution is 2.25. The molecule has 3 rings (SSSR count). The standard InChI is InChI=1S/C17H11ClFN3O2S/c18-11-5-1-3-7-13(11)20-9-10-15(23)21-17(25)22(16(10)24)14-8-4-2-6-12(14)19/h1-9,24H,(H,21,23,25). The molecule has 0 amide bonds. The maximum Gasteiger partial charge on any atom is 0.264 e. The summed E-state index contributed by atoms with van der Waals surface area (Å²) in [5.74, 6) is -1.12. The van der Waals surface area contributed by atoms with Crippen LogP contribution in [-0.4, -0.2) is 20.9 Å². The molecule has 0 aliphatic heterocycles. The third kappa shape index (κ3) is 3.38. The molecule has 0 unspecified atom stereocenters. The van der Waals surface area contributed by atoms with E-state index in [4.69, 9.17) is 23.8 Å². The molecule has 3 aromatic rings. The average Bonchev–Trinajstić information content (AvgIpc) is 2.57. The van der Waals surface area contributed by atoms with Crippen LogP contribution in [-0.2, 0) is 0 Å². The number of aromatic hydroxyl groups is 1. The Balaban J connectivity index is 2.18. The third-order valence-corrected chi connectivity index (χ3v) is 4.00. The van der Waals surface area contributed by atoms with E-state index in [1.54, 1.807) is 30.3 Å². The van der Waals surface area contributed by atoms with E-state index in [1.165, 1.54) is 18.2 Å². The molecule has 0 saturated heterocycles. The van der Waals surface area contributed by atoms with E-state index < -0.39 is 17.3 Å². The van der Waals surface area contributed by atoms with Crippen LogP contribution >= 0.6 is 23.8 Å². The monoisotopic (exact) mass is 375 g/mol. The summed E-state index contributed by atoms with van der Waals surface area (Å²) >= 11 is 11.1. The first-order chi connectivity index (χ1) is 12.0. The van der Waals surface area contributed by atoms with Crippen molar-refractivity contribution in [3.8, 4) is 11.6 Å². The van der Waals surface area contributed by atoms with Crippen LogP contribution in [0.15, 0.2) is 58.3 Å². The van der Waals surface area contributed by atoms with E-state index in [-0.39, 0.29) is 16.0 Å². The number of aromatic nitrogens is 2. The fraction of sp³-hybridized carbons (Fsp3) is 0. The van der Waals surface area contributed by atoms with Gasteiger partial charge in [-0.1, -0.05) is 35.9 Å². The summed E-state index contributed by atoms with van der Waals surface area (Å²) in [6.07, 6.45) is 1.15. The Morgan fingerprint density at radius 2 is 1.88 bits per heavy atom. The summed E-state index contributed by atoms with van der Waals surface area (Å²) in [7, 11) is 0. The van der Waals surface area contributed by atoms with E-state index in [2.05, 4.69) is 9.98 Å². The van der Waals surface area contributed by atoms with Gasteiger partial charge in [-0.05, 0) is 36.5 Å².